The lowest BCUT2D eigenvalue weighted by atomic mass is 10.2. The van der Waals surface area contributed by atoms with E-state index >= 15 is 0 Å². The molecule has 2 rings (SSSR count). The summed E-state index contributed by atoms with van der Waals surface area (Å²) in [7, 11) is 0. The van der Waals surface area contributed by atoms with Crippen molar-refractivity contribution in [1.82, 2.24) is 5.43 Å². The minimum atomic E-state index is -0.450. The molecule has 2 atom stereocenters. The fourth-order valence-corrected chi connectivity index (χ4v) is 2.10. The van der Waals surface area contributed by atoms with Crippen molar-refractivity contribution in [1.29, 1.82) is 0 Å². The third-order valence-corrected chi connectivity index (χ3v) is 3.32. The van der Waals surface area contributed by atoms with Crippen LogP contribution in [0.2, 0.25) is 0 Å². The number of hydrazine groups is 1. The topological polar surface area (TPSA) is 73.6 Å². The first-order valence-electron chi connectivity index (χ1n) is 5.73. The Hall–Kier alpha value is -1.11. The second-order valence-corrected chi connectivity index (χ2v) is 5.01. The predicted octanol–water partition coefficient (Wildman–Crippen LogP) is 1.37. The monoisotopic (exact) mass is 314 g/mol. The Kier molecular flexibility index (Phi) is 4.57. The molecule has 6 heteroatoms. The van der Waals surface area contributed by atoms with Gasteiger partial charge >= 0.3 is 0 Å². The fourth-order valence-electron chi connectivity index (χ4n) is 1.83. The number of nitrogens with one attached hydrogen (secondary N) is 1. The van der Waals surface area contributed by atoms with Crippen molar-refractivity contribution in [3.8, 4) is 5.75 Å². The largest absolute Gasteiger partial charge is 0.491 e. The number of ether oxygens (including phenoxy) is 2. The molecule has 0 bridgehead atoms. The summed E-state index contributed by atoms with van der Waals surface area (Å²) in [5, 5.41) is 0. The molecule has 18 heavy (non-hydrogen) atoms. The molecule has 1 aliphatic heterocycles. The molecule has 1 aliphatic rings. The van der Waals surface area contributed by atoms with Gasteiger partial charge in [-0.05, 0) is 37.1 Å². The third kappa shape index (κ3) is 3.44. The molecule has 1 fully saturated rings. The molecule has 1 amide bonds. The molecule has 1 heterocycles. The molecule has 0 radical (unpaired) electrons. The number of hydrogen-bond acceptors (Lipinski definition) is 4. The van der Waals surface area contributed by atoms with Gasteiger partial charge in [0, 0.05) is 4.47 Å². The van der Waals surface area contributed by atoms with Gasteiger partial charge in [0.15, 0.2) is 0 Å². The van der Waals surface area contributed by atoms with Crippen LogP contribution in [0.3, 0.4) is 0 Å². The third-order valence-electron chi connectivity index (χ3n) is 2.79. The van der Waals surface area contributed by atoms with Gasteiger partial charge in [-0.2, -0.15) is 0 Å². The molecule has 0 spiro atoms. The first-order chi connectivity index (χ1) is 8.69. The Balaban J connectivity index is 1.78. The molecule has 2 unspecified atom stereocenters. The molecule has 1 aromatic rings. The summed E-state index contributed by atoms with van der Waals surface area (Å²) >= 11 is 3.36. The van der Waals surface area contributed by atoms with Crippen LogP contribution < -0.4 is 16.0 Å². The van der Waals surface area contributed by atoms with Crippen molar-refractivity contribution in [3.05, 3.63) is 28.7 Å². The Labute approximate surface area is 114 Å². The summed E-state index contributed by atoms with van der Waals surface area (Å²) in [5.41, 5.74) is 2.10. The van der Waals surface area contributed by atoms with Crippen LogP contribution in [0.5, 0.6) is 5.75 Å². The number of rotatable bonds is 4. The quantitative estimate of drug-likeness (QED) is 0.500. The Morgan fingerprint density at radius 2 is 2.17 bits per heavy atom. The Morgan fingerprint density at radius 3 is 2.83 bits per heavy atom. The molecule has 0 saturated carbocycles. The average Bonchev–Trinajstić information content (AvgIpc) is 2.86. The highest BCUT2D eigenvalue weighted by Crippen LogP contribution is 2.22. The summed E-state index contributed by atoms with van der Waals surface area (Å²) in [5.74, 6) is 5.57. The highest BCUT2D eigenvalue weighted by atomic mass is 79.9. The molecule has 3 N–H and O–H groups in total. The summed E-state index contributed by atoms with van der Waals surface area (Å²) in [6, 6.07) is 7.58. The zero-order valence-electron chi connectivity index (χ0n) is 9.77. The maximum absolute atomic E-state index is 11.3. The molecular formula is C12H15BrN2O3. The minimum absolute atomic E-state index is 0.0593. The molecular weight excluding hydrogens is 300 g/mol. The number of carbonyl (C=O) groups is 1. The number of benzene rings is 1. The van der Waals surface area contributed by atoms with Crippen molar-refractivity contribution in [2.75, 3.05) is 6.61 Å². The van der Waals surface area contributed by atoms with Crippen molar-refractivity contribution in [2.45, 2.75) is 25.0 Å². The Bertz CT molecular complexity index is 410. The molecule has 0 aliphatic carbocycles. The van der Waals surface area contributed by atoms with Crippen LogP contribution in [0.15, 0.2) is 28.7 Å². The zero-order valence-corrected chi connectivity index (χ0v) is 11.4. The van der Waals surface area contributed by atoms with E-state index in [1.165, 1.54) is 0 Å². The van der Waals surface area contributed by atoms with Crippen LogP contribution in [0.1, 0.15) is 12.8 Å². The van der Waals surface area contributed by atoms with E-state index < -0.39 is 6.10 Å². The van der Waals surface area contributed by atoms with E-state index in [-0.39, 0.29) is 12.0 Å². The van der Waals surface area contributed by atoms with Gasteiger partial charge in [-0.1, -0.05) is 15.9 Å². The lowest BCUT2D eigenvalue weighted by molar-refractivity contribution is -0.132. The number of carbonyl (C=O) groups excluding carboxylic acids is 1. The van der Waals surface area contributed by atoms with Crippen LogP contribution in [0.25, 0.3) is 0 Å². The summed E-state index contributed by atoms with van der Waals surface area (Å²) in [6.07, 6.45) is 0.968. The van der Waals surface area contributed by atoms with Crippen LogP contribution in [-0.4, -0.2) is 24.7 Å². The van der Waals surface area contributed by atoms with Gasteiger partial charge in [-0.25, -0.2) is 5.84 Å². The van der Waals surface area contributed by atoms with Crippen molar-refractivity contribution >= 4 is 21.8 Å². The predicted molar refractivity (Wildman–Crippen MR) is 69.9 cm³/mol. The summed E-state index contributed by atoms with van der Waals surface area (Å²) in [6.45, 7) is 0.440. The number of halogens is 1. The molecule has 1 aromatic carbocycles. The van der Waals surface area contributed by atoms with E-state index in [9.17, 15) is 4.79 Å². The van der Waals surface area contributed by atoms with Gasteiger partial charge < -0.3 is 9.47 Å². The van der Waals surface area contributed by atoms with Gasteiger partial charge in [0.1, 0.15) is 18.5 Å². The van der Waals surface area contributed by atoms with Gasteiger partial charge in [0.25, 0.3) is 5.91 Å². The standard InChI is InChI=1S/C12H15BrN2O3/c13-8-1-3-9(4-2-8)17-7-10-5-6-11(18-10)12(16)15-14/h1-4,10-11H,5-7,14H2,(H,15,16). The highest BCUT2D eigenvalue weighted by molar-refractivity contribution is 9.10. The molecule has 98 valence electrons. The lowest BCUT2D eigenvalue weighted by Crippen LogP contribution is -2.39. The second kappa shape index (κ2) is 6.17. The van der Waals surface area contributed by atoms with E-state index in [4.69, 9.17) is 15.3 Å². The summed E-state index contributed by atoms with van der Waals surface area (Å²) in [4.78, 5) is 11.3. The SMILES string of the molecule is NNC(=O)C1CCC(COc2ccc(Br)cc2)O1. The first kappa shape index (κ1) is 13.3. The molecule has 0 aromatic heterocycles. The van der Waals surface area contributed by atoms with E-state index in [1.807, 2.05) is 24.3 Å². The Morgan fingerprint density at radius 1 is 1.44 bits per heavy atom. The lowest BCUT2D eigenvalue weighted by Gasteiger charge is -2.13. The molecule has 1 saturated heterocycles. The van der Waals surface area contributed by atoms with Gasteiger partial charge in [0.2, 0.25) is 0 Å². The maximum atomic E-state index is 11.3. The minimum Gasteiger partial charge on any atom is -0.491 e. The first-order valence-corrected chi connectivity index (χ1v) is 6.52. The summed E-state index contributed by atoms with van der Waals surface area (Å²) < 4.78 is 12.1. The average molecular weight is 315 g/mol. The van der Waals surface area contributed by atoms with E-state index in [2.05, 4.69) is 21.4 Å². The number of amides is 1. The van der Waals surface area contributed by atoms with Crippen molar-refractivity contribution in [3.63, 3.8) is 0 Å². The van der Waals surface area contributed by atoms with Gasteiger partial charge in [-0.15, -0.1) is 0 Å². The van der Waals surface area contributed by atoms with Crippen LogP contribution in [-0.2, 0) is 9.53 Å². The second-order valence-electron chi connectivity index (χ2n) is 4.10. The van der Waals surface area contributed by atoms with E-state index in [0.29, 0.717) is 13.0 Å². The fraction of sp³-hybridized carbons (Fsp3) is 0.417. The van der Waals surface area contributed by atoms with Crippen LogP contribution >= 0.6 is 15.9 Å². The highest BCUT2D eigenvalue weighted by Gasteiger charge is 2.30. The van der Waals surface area contributed by atoms with E-state index in [0.717, 1.165) is 16.6 Å². The van der Waals surface area contributed by atoms with Crippen LogP contribution in [0.4, 0.5) is 0 Å². The maximum Gasteiger partial charge on any atom is 0.263 e. The van der Waals surface area contributed by atoms with Crippen molar-refractivity contribution < 1.29 is 14.3 Å². The molecule has 5 nitrogen and oxygen atoms in total. The van der Waals surface area contributed by atoms with Gasteiger partial charge in [0.05, 0.1) is 6.10 Å². The smallest absolute Gasteiger partial charge is 0.263 e. The van der Waals surface area contributed by atoms with Crippen molar-refractivity contribution in [2.24, 2.45) is 5.84 Å². The number of nitrogens with two attached hydrogens (primary N) is 1. The number of hydrogen-bond donors (Lipinski definition) is 2. The normalized spacial score (nSPS) is 22.8. The van der Waals surface area contributed by atoms with E-state index in [1.54, 1.807) is 0 Å². The van der Waals surface area contributed by atoms with Gasteiger partial charge in [-0.3, -0.25) is 10.2 Å². The zero-order chi connectivity index (χ0) is 13.0. The van der Waals surface area contributed by atoms with Crippen LogP contribution in [0, 0.1) is 0 Å².